The summed E-state index contributed by atoms with van der Waals surface area (Å²) in [5, 5.41) is 0. The van der Waals surface area contributed by atoms with Crippen molar-refractivity contribution in [3.63, 3.8) is 0 Å². The van der Waals surface area contributed by atoms with E-state index in [1.165, 1.54) is 0 Å². The lowest BCUT2D eigenvalue weighted by Gasteiger charge is -2.15. The summed E-state index contributed by atoms with van der Waals surface area (Å²) in [6.45, 7) is 7.53. The predicted octanol–water partition coefficient (Wildman–Crippen LogP) is 3.16. The van der Waals surface area contributed by atoms with Gasteiger partial charge in [0.1, 0.15) is 11.5 Å². The highest BCUT2D eigenvalue weighted by atomic mass is 16.5. The number of hydrogen-bond acceptors (Lipinski definition) is 2. The molecule has 1 rings (SSSR count). The average Bonchev–Trinajstić information content (AvgIpc) is 2.31. The maximum Gasteiger partial charge on any atom is 0.122 e. The van der Waals surface area contributed by atoms with Crippen molar-refractivity contribution in [3.05, 3.63) is 48.6 Å². The molecule has 0 aliphatic carbocycles. The third-order valence-corrected chi connectivity index (χ3v) is 2.48. The summed E-state index contributed by atoms with van der Waals surface area (Å²) in [4.78, 5) is 0. The molecular weight excluding hydrogens is 200 g/mol. The minimum absolute atomic E-state index is 0.767. The van der Waals surface area contributed by atoms with Crippen LogP contribution >= 0.6 is 0 Å². The largest absolute Gasteiger partial charge is 0.496 e. The van der Waals surface area contributed by atoms with Gasteiger partial charge in [0, 0.05) is 11.1 Å². The van der Waals surface area contributed by atoms with Gasteiger partial charge in [-0.05, 0) is 25.0 Å². The summed E-state index contributed by atoms with van der Waals surface area (Å²) in [6, 6.07) is 3.84. The summed E-state index contributed by atoms with van der Waals surface area (Å²) in [5.74, 6) is 1.75. The van der Waals surface area contributed by atoms with Gasteiger partial charge in [-0.2, -0.15) is 0 Å². The number of hydrogen-bond donors (Lipinski definition) is 0. The first-order valence-corrected chi connectivity index (χ1v) is 5.23. The normalized spacial score (nSPS) is 9.62. The highest BCUT2D eigenvalue weighted by Gasteiger charge is 2.12. The fourth-order valence-electron chi connectivity index (χ4n) is 1.77. The molecule has 0 aliphatic rings. The Labute approximate surface area is 97.2 Å². The number of methoxy groups -OCH3 is 2. The Morgan fingerprint density at radius 1 is 0.938 bits per heavy atom. The quantitative estimate of drug-likeness (QED) is 0.683. The van der Waals surface area contributed by atoms with Gasteiger partial charge in [-0.1, -0.05) is 12.2 Å². The minimum Gasteiger partial charge on any atom is -0.496 e. The first-order valence-electron chi connectivity index (χ1n) is 5.23. The molecule has 0 aromatic heterocycles. The summed E-state index contributed by atoms with van der Waals surface area (Å²) in [6.07, 6.45) is 5.26. The molecule has 0 saturated heterocycles. The van der Waals surface area contributed by atoms with Gasteiger partial charge in [-0.15, -0.1) is 13.2 Å². The Hall–Kier alpha value is -1.70. The molecule has 0 unspecified atom stereocenters. The first-order chi connectivity index (χ1) is 7.78. The van der Waals surface area contributed by atoms with Crippen LogP contribution in [-0.4, -0.2) is 14.2 Å². The van der Waals surface area contributed by atoms with Crippen LogP contribution in [0.15, 0.2) is 37.4 Å². The van der Waals surface area contributed by atoms with Crippen LogP contribution in [-0.2, 0) is 12.8 Å². The van der Waals surface area contributed by atoms with E-state index in [9.17, 15) is 0 Å². The molecule has 0 amide bonds. The van der Waals surface area contributed by atoms with E-state index in [1.807, 2.05) is 24.3 Å². The Morgan fingerprint density at radius 2 is 1.31 bits per heavy atom. The molecule has 1 aromatic rings. The van der Waals surface area contributed by atoms with Gasteiger partial charge in [0.15, 0.2) is 0 Å². The third kappa shape index (κ3) is 2.45. The van der Waals surface area contributed by atoms with Crippen molar-refractivity contribution in [2.75, 3.05) is 14.2 Å². The molecule has 0 heterocycles. The van der Waals surface area contributed by atoms with E-state index in [0.29, 0.717) is 0 Å². The zero-order chi connectivity index (χ0) is 12.0. The zero-order valence-electron chi connectivity index (χ0n) is 9.95. The monoisotopic (exact) mass is 218 g/mol. The maximum atomic E-state index is 5.35. The second-order valence-corrected chi connectivity index (χ2v) is 3.41. The maximum absolute atomic E-state index is 5.35. The van der Waals surface area contributed by atoms with Crippen molar-refractivity contribution >= 4 is 0 Å². The van der Waals surface area contributed by atoms with Crippen molar-refractivity contribution in [1.29, 1.82) is 0 Å². The van der Waals surface area contributed by atoms with E-state index in [-0.39, 0.29) is 0 Å². The van der Waals surface area contributed by atoms with Gasteiger partial charge in [0.05, 0.1) is 14.2 Å². The SMILES string of the molecule is C=CCc1c(OC)ccc(OC)c1CC=C. The van der Waals surface area contributed by atoms with Crippen molar-refractivity contribution in [2.45, 2.75) is 12.8 Å². The van der Waals surface area contributed by atoms with E-state index in [2.05, 4.69) is 13.2 Å². The van der Waals surface area contributed by atoms with Crippen LogP contribution in [0.2, 0.25) is 0 Å². The molecule has 0 spiro atoms. The Bertz CT molecular complexity index is 344. The molecule has 0 bridgehead atoms. The lowest BCUT2D eigenvalue weighted by atomic mass is 9.99. The summed E-state index contributed by atoms with van der Waals surface area (Å²) in [7, 11) is 3.35. The van der Waals surface area contributed by atoms with Crippen molar-refractivity contribution < 1.29 is 9.47 Å². The molecule has 86 valence electrons. The van der Waals surface area contributed by atoms with Gasteiger partial charge < -0.3 is 9.47 Å². The van der Waals surface area contributed by atoms with Gasteiger partial charge in [0.25, 0.3) is 0 Å². The molecular formula is C14H18O2. The molecule has 1 aromatic carbocycles. The molecule has 2 nitrogen and oxygen atoms in total. The molecule has 0 fully saturated rings. The van der Waals surface area contributed by atoms with Gasteiger partial charge in [-0.3, -0.25) is 0 Å². The molecule has 0 saturated carbocycles. The second-order valence-electron chi connectivity index (χ2n) is 3.41. The van der Waals surface area contributed by atoms with E-state index in [0.717, 1.165) is 35.5 Å². The number of rotatable bonds is 6. The minimum atomic E-state index is 0.767. The van der Waals surface area contributed by atoms with E-state index in [1.54, 1.807) is 14.2 Å². The van der Waals surface area contributed by atoms with Crippen LogP contribution in [0.4, 0.5) is 0 Å². The van der Waals surface area contributed by atoms with Crippen molar-refractivity contribution in [3.8, 4) is 11.5 Å². The lowest BCUT2D eigenvalue weighted by molar-refractivity contribution is 0.396. The van der Waals surface area contributed by atoms with Crippen LogP contribution in [0.3, 0.4) is 0 Å². The lowest BCUT2D eigenvalue weighted by Crippen LogP contribution is -2.00. The molecule has 0 aliphatic heterocycles. The van der Waals surface area contributed by atoms with Crippen LogP contribution < -0.4 is 9.47 Å². The van der Waals surface area contributed by atoms with Crippen molar-refractivity contribution in [1.82, 2.24) is 0 Å². The topological polar surface area (TPSA) is 18.5 Å². The third-order valence-electron chi connectivity index (χ3n) is 2.48. The van der Waals surface area contributed by atoms with Crippen LogP contribution in [0.25, 0.3) is 0 Å². The van der Waals surface area contributed by atoms with Crippen molar-refractivity contribution in [2.24, 2.45) is 0 Å². The van der Waals surface area contributed by atoms with Crippen LogP contribution in [0, 0.1) is 0 Å². The number of allylic oxidation sites excluding steroid dienone is 2. The van der Waals surface area contributed by atoms with E-state index < -0.39 is 0 Å². The Balaban J connectivity index is 3.32. The fourth-order valence-corrected chi connectivity index (χ4v) is 1.77. The highest BCUT2D eigenvalue weighted by molar-refractivity contribution is 5.50. The molecule has 0 atom stereocenters. The van der Waals surface area contributed by atoms with Gasteiger partial charge >= 0.3 is 0 Å². The number of ether oxygens (including phenoxy) is 2. The van der Waals surface area contributed by atoms with E-state index in [4.69, 9.17) is 9.47 Å². The standard InChI is InChI=1S/C14H18O2/c1-5-7-11-12(8-6-2)14(16-4)10-9-13(11)15-3/h5-6,9-10H,1-2,7-8H2,3-4H3. The van der Waals surface area contributed by atoms with Crippen LogP contribution in [0.5, 0.6) is 11.5 Å². The second kappa shape index (κ2) is 6.01. The number of benzene rings is 1. The fraction of sp³-hybridized carbons (Fsp3) is 0.286. The molecule has 16 heavy (non-hydrogen) atoms. The average molecular weight is 218 g/mol. The Morgan fingerprint density at radius 3 is 1.56 bits per heavy atom. The zero-order valence-corrected chi connectivity index (χ0v) is 9.95. The smallest absolute Gasteiger partial charge is 0.122 e. The molecule has 0 N–H and O–H groups in total. The summed E-state index contributed by atoms with van der Waals surface area (Å²) in [5.41, 5.74) is 2.24. The highest BCUT2D eigenvalue weighted by Crippen LogP contribution is 2.31. The molecule has 2 heteroatoms. The van der Waals surface area contributed by atoms with Crippen LogP contribution in [0.1, 0.15) is 11.1 Å². The summed E-state index contributed by atoms with van der Waals surface area (Å²) >= 11 is 0. The first kappa shape index (κ1) is 12.4. The van der Waals surface area contributed by atoms with Gasteiger partial charge in [-0.25, -0.2) is 0 Å². The summed E-state index contributed by atoms with van der Waals surface area (Å²) < 4.78 is 10.7. The van der Waals surface area contributed by atoms with Gasteiger partial charge in [0.2, 0.25) is 0 Å². The Kier molecular flexibility index (Phi) is 4.65. The predicted molar refractivity (Wildman–Crippen MR) is 67.3 cm³/mol. The van der Waals surface area contributed by atoms with E-state index >= 15 is 0 Å². The molecule has 0 radical (unpaired) electrons.